The molecule has 0 unspecified atom stereocenters. The smallest absolute Gasteiger partial charge is 0.255 e. The molecule has 0 radical (unpaired) electrons. The van der Waals surface area contributed by atoms with E-state index in [1.807, 2.05) is 38.1 Å². The van der Waals surface area contributed by atoms with Gasteiger partial charge in [0.05, 0.1) is 11.6 Å². The van der Waals surface area contributed by atoms with Gasteiger partial charge in [-0.05, 0) is 55.2 Å². The van der Waals surface area contributed by atoms with Crippen LogP contribution in [-0.4, -0.2) is 11.0 Å². The molecule has 0 saturated heterocycles. The van der Waals surface area contributed by atoms with Crippen molar-refractivity contribution in [3.63, 3.8) is 0 Å². The number of anilines is 1. The highest BCUT2D eigenvalue weighted by Crippen LogP contribution is 2.29. The molecule has 1 amide bonds. The van der Waals surface area contributed by atoms with Gasteiger partial charge in [-0.25, -0.2) is 0 Å². The Morgan fingerprint density at radius 2 is 1.67 bits per heavy atom. The largest absolute Gasteiger partial charge is 0.351 e. The topological polar surface area (TPSA) is 53.2 Å². The number of hydrogen-bond donors (Lipinski definition) is 3. The molecule has 4 nitrogen and oxygen atoms in total. The summed E-state index contributed by atoms with van der Waals surface area (Å²) in [6.45, 7) is 8.23. The second-order valence-electron chi connectivity index (χ2n) is 7.21. The van der Waals surface area contributed by atoms with Gasteiger partial charge in [-0.3, -0.25) is 4.79 Å². The number of amides is 1. The SMILES string of the molecule is CC1=C(C(=O)Nc2ccc(C)cc2)[C@H](c2ccc(C(C)C)cc2)NC(=S)N1. The Balaban J connectivity index is 1.91. The third-order valence-electron chi connectivity index (χ3n) is 4.76. The monoisotopic (exact) mass is 379 g/mol. The maximum atomic E-state index is 13.0. The molecule has 0 fully saturated rings. The standard InChI is InChI=1S/C22H25N3OS/c1-13(2)16-7-9-17(10-8-16)20-19(15(4)23-22(27)25-20)21(26)24-18-11-5-14(3)6-12-18/h5-13,20H,1-4H3,(H,24,26)(H2,23,25,27)/t20-/m0/s1. The normalized spacial score (nSPS) is 16.8. The average Bonchev–Trinajstić information content (AvgIpc) is 2.63. The number of benzene rings is 2. The molecule has 140 valence electrons. The minimum Gasteiger partial charge on any atom is -0.351 e. The molecule has 1 heterocycles. The van der Waals surface area contributed by atoms with Crippen molar-refractivity contribution in [2.24, 2.45) is 0 Å². The van der Waals surface area contributed by atoms with Gasteiger partial charge in [0.15, 0.2) is 5.11 Å². The fraction of sp³-hybridized carbons (Fsp3) is 0.273. The van der Waals surface area contributed by atoms with Crippen molar-refractivity contribution in [1.29, 1.82) is 0 Å². The van der Waals surface area contributed by atoms with Crippen LogP contribution < -0.4 is 16.0 Å². The fourth-order valence-corrected chi connectivity index (χ4v) is 3.42. The van der Waals surface area contributed by atoms with Crippen LogP contribution in [0.15, 0.2) is 59.8 Å². The lowest BCUT2D eigenvalue weighted by Gasteiger charge is -2.30. The lowest BCUT2D eigenvalue weighted by atomic mass is 9.92. The molecule has 1 aliphatic rings. The first-order valence-corrected chi connectivity index (χ1v) is 9.52. The van der Waals surface area contributed by atoms with E-state index < -0.39 is 0 Å². The summed E-state index contributed by atoms with van der Waals surface area (Å²) >= 11 is 5.32. The van der Waals surface area contributed by atoms with Crippen LogP contribution in [0.5, 0.6) is 0 Å². The summed E-state index contributed by atoms with van der Waals surface area (Å²) in [6.07, 6.45) is 0. The Hall–Kier alpha value is -2.66. The molecule has 2 aromatic rings. The molecule has 3 rings (SSSR count). The predicted molar refractivity (Wildman–Crippen MR) is 115 cm³/mol. The molecule has 0 saturated carbocycles. The highest BCUT2D eigenvalue weighted by Gasteiger charge is 2.29. The molecular weight excluding hydrogens is 354 g/mol. The average molecular weight is 380 g/mol. The minimum absolute atomic E-state index is 0.142. The molecule has 0 spiro atoms. The Kier molecular flexibility index (Phi) is 5.61. The zero-order valence-corrected chi connectivity index (χ0v) is 16.9. The van der Waals surface area contributed by atoms with Crippen molar-refractivity contribution in [1.82, 2.24) is 10.6 Å². The summed E-state index contributed by atoms with van der Waals surface area (Å²) < 4.78 is 0. The molecule has 2 aromatic carbocycles. The second-order valence-corrected chi connectivity index (χ2v) is 7.62. The Bertz CT molecular complexity index is 883. The summed E-state index contributed by atoms with van der Waals surface area (Å²) in [6, 6.07) is 15.8. The van der Waals surface area contributed by atoms with Crippen LogP contribution in [-0.2, 0) is 4.79 Å². The number of nitrogens with one attached hydrogen (secondary N) is 3. The van der Waals surface area contributed by atoms with Crippen LogP contribution in [0.2, 0.25) is 0 Å². The third-order valence-corrected chi connectivity index (χ3v) is 4.98. The predicted octanol–water partition coefficient (Wildman–Crippen LogP) is 4.55. The lowest BCUT2D eigenvalue weighted by Crippen LogP contribution is -2.45. The van der Waals surface area contributed by atoms with Gasteiger partial charge < -0.3 is 16.0 Å². The van der Waals surface area contributed by atoms with Gasteiger partial charge in [-0.2, -0.15) is 0 Å². The van der Waals surface area contributed by atoms with Crippen LogP contribution in [0.3, 0.4) is 0 Å². The van der Waals surface area contributed by atoms with Crippen molar-refractivity contribution in [2.45, 2.75) is 39.7 Å². The zero-order valence-electron chi connectivity index (χ0n) is 16.1. The highest BCUT2D eigenvalue weighted by molar-refractivity contribution is 7.80. The zero-order chi connectivity index (χ0) is 19.6. The van der Waals surface area contributed by atoms with Crippen molar-refractivity contribution in [3.05, 3.63) is 76.5 Å². The summed E-state index contributed by atoms with van der Waals surface area (Å²) in [5.74, 6) is 0.319. The van der Waals surface area contributed by atoms with E-state index in [0.29, 0.717) is 16.6 Å². The van der Waals surface area contributed by atoms with Crippen LogP contribution in [0, 0.1) is 6.92 Å². The molecule has 27 heavy (non-hydrogen) atoms. The maximum absolute atomic E-state index is 13.0. The van der Waals surface area contributed by atoms with Gasteiger partial charge in [-0.15, -0.1) is 0 Å². The van der Waals surface area contributed by atoms with Crippen LogP contribution in [0.1, 0.15) is 49.4 Å². The molecule has 3 N–H and O–H groups in total. The molecule has 0 aliphatic carbocycles. The van der Waals surface area contributed by atoms with Crippen LogP contribution in [0.4, 0.5) is 5.69 Å². The van der Waals surface area contributed by atoms with E-state index in [1.165, 1.54) is 5.56 Å². The molecule has 1 aliphatic heterocycles. The number of carbonyl (C=O) groups excluding carboxylic acids is 1. The van der Waals surface area contributed by atoms with E-state index in [-0.39, 0.29) is 11.9 Å². The second kappa shape index (κ2) is 7.92. The number of hydrogen-bond acceptors (Lipinski definition) is 2. The number of allylic oxidation sites excluding steroid dienone is 1. The number of aryl methyl sites for hydroxylation is 1. The summed E-state index contributed by atoms with van der Waals surface area (Å²) in [5, 5.41) is 9.83. The van der Waals surface area contributed by atoms with Crippen molar-refractivity contribution < 1.29 is 4.79 Å². The first kappa shape index (κ1) is 19.1. The van der Waals surface area contributed by atoms with E-state index in [9.17, 15) is 4.79 Å². The highest BCUT2D eigenvalue weighted by atomic mass is 32.1. The van der Waals surface area contributed by atoms with Crippen LogP contribution >= 0.6 is 12.2 Å². The summed E-state index contributed by atoms with van der Waals surface area (Å²) in [5.41, 5.74) is 5.60. The molecule has 0 bridgehead atoms. The van der Waals surface area contributed by atoms with E-state index in [2.05, 4.69) is 54.1 Å². The number of carbonyl (C=O) groups is 1. The van der Waals surface area contributed by atoms with E-state index in [1.54, 1.807) is 0 Å². The first-order valence-electron chi connectivity index (χ1n) is 9.11. The quantitative estimate of drug-likeness (QED) is 0.682. The number of thiocarbonyl (C=S) groups is 1. The van der Waals surface area contributed by atoms with Crippen LogP contribution in [0.25, 0.3) is 0 Å². The number of rotatable bonds is 4. The van der Waals surface area contributed by atoms with E-state index >= 15 is 0 Å². The summed E-state index contributed by atoms with van der Waals surface area (Å²) in [4.78, 5) is 13.0. The Morgan fingerprint density at radius 1 is 1.04 bits per heavy atom. The van der Waals surface area contributed by atoms with Crippen molar-refractivity contribution >= 4 is 28.9 Å². The maximum Gasteiger partial charge on any atom is 0.255 e. The molecule has 1 atom stereocenters. The summed E-state index contributed by atoms with van der Waals surface area (Å²) in [7, 11) is 0. The minimum atomic E-state index is -0.287. The van der Waals surface area contributed by atoms with E-state index in [0.717, 1.165) is 22.5 Å². The molecule has 5 heteroatoms. The van der Waals surface area contributed by atoms with Gasteiger partial charge in [-0.1, -0.05) is 55.8 Å². The van der Waals surface area contributed by atoms with Gasteiger partial charge in [0.1, 0.15) is 0 Å². The Labute approximate surface area is 166 Å². The van der Waals surface area contributed by atoms with Crippen molar-refractivity contribution in [3.8, 4) is 0 Å². The van der Waals surface area contributed by atoms with Gasteiger partial charge in [0.2, 0.25) is 0 Å². The molecule has 0 aromatic heterocycles. The van der Waals surface area contributed by atoms with Gasteiger partial charge in [0, 0.05) is 11.4 Å². The third kappa shape index (κ3) is 4.37. The Morgan fingerprint density at radius 3 is 2.26 bits per heavy atom. The van der Waals surface area contributed by atoms with Gasteiger partial charge >= 0.3 is 0 Å². The first-order chi connectivity index (χ1) is 12.8. The van der Waals surface area contributed by atoms with Crippen molar-refractivity contribution in [2.75, 3.05) is 5.32 Å². The molecular formula is C22H25N3OS. The van der Waals surface area contributed by atoms with E-state index in [4.69, 9.17) is 12.2 Å². The van der Waals surface area contributed by atoms with Gasteiger partial charge in [0.25, 0.3) is 5.91 Å². The lowest BCUT2D eigenvalue weighted by molar-refractivity contribution is -0.113. The fourth-order valence-electron chi connectivity index (χ4n) is 3.15.